The van der Waals surface area contributed by atoms with Crippen LogP contribution in [0, 0.1) is 0 Å². The van der Waals surface area contributed by atoms with Crippen molar-refractivity contribution in [2.75, 3.05) is 56.0 Å². The van der Waals surface area contributed by atoms with Crippen LogP contribution in [0.3, 0.4) is 0 Å². The zero-order valence-corrected chi connectivity index (χ0v) is 19.5. The minimum Gasteiger partial charge on any atom is -0.369 e. The molecule has 2 aliphatic heterocycles. The van der Waals surface area contributed by atoms with E-state index in [1.807, 2.05) is 24.3 Å². The first-order chi connectivity index (χ1) is 15.5. The molecule has 2 fully saturated rings. The third-order valence-electron chi connectivity index (χ3n) is 6.36. The number of piperidine rings is 1. The summed E-state index contributed by atoms with van der Waals surface area (Å²) in [5.74, 6) is -0.315. The lowest BCUT2D eigenvalue weighted by molar-refractivity contribution is 0.102. The number of carbonyl (C=O) groups is 1. The van der Waals surface area contributed by atoms with Crippen molar-refractivity contribution in [2.45, 2.75) is 31.1 Å². The van der Waals surface area contributed by atoms with Crippen molar-refractivity contribution in [3.63, 3.8) is 0 Å². The Morgan fingerprint density at radius 1 is 0.906 bits per heavy atom. The van der Waals surface area contributed by atoms with Gasteiger partial charge in [0.15, 0.2) is 0 Å². The molecule has 2 heterocycles. The number of carbonyl (C=O) groups excluding carboxylic acids is 1. The number of nitrogens with one attached hydrogen (secondary N) is 1. The normalized spacial score (nSPS) is 18.5. The van der Waals surface area contributed by atoms with E-state index in [9.17, 15) is 13.2 Å². The molecule has 1 amide bonds. The fraction of sp³-hybridized carbons (Fsp3) is 0.458. The van der Waals surface area contributed by atoms with E-state index < -0.39 is 10.0 Å². The molecule has 2 aromatic carbocycles. The van der Waals surface area contributed by atoms with E-state index in [1.165, 1.54) is 10.4 Å². The third kappa shape index (κ3) is 5.14. The second-order valence-corrected chi connectivity index (χ2v) is 10.4. The van der Waals surface area contributed by atoms with Crippen LogP contribution in [0.15, 0.2) is 53.4 Å². The maximum Gasteiger partial charge on any atom is 0.255 e. The number of piperazine rings is 1. The van der Waals surface area contributed by atoms with Gasteiger partial charge in [0.05, 0.1) is 4.90 Å². The summed E-state index contributed by atoms with van der Waals surface area (Å²) in [6.45, 7) is 8.47. The number of anilines is 2. The Morgan fingerprint density at radius 3 is 2.25 bits per heavy atom. The van der Waals surface area contributed by atoms with Crippen LogP contribution in [0.5, 0.6) is 0 Å². The highest BCUT2D eigenvalue weighted by atomic mass is 32.2. The highest BCUT2D eigenvalue weighted by molar-refractivity contribution is 7.89. The minimum atomic E-state index is -3.57. The van der Waals surface area contributed by atoms with Crippen LogP contribution in [0.25, 0.3) is 0 Å². The van der Waals surface area contributed by atoms with E-state index in [2.05, 4.69) is 22.0 Å². The van der Waals surface area contributed by atoms with Crippen molar-refractivity contribution in [1.29, 1.82) is 0 Å². The third-order valence-corrected chi connectivity index (χ3v) is 8.25. The van der Waals surface area contributed by atoms with Crippen LogP contribution in [-0.4, -0.2) is 69.3 Å². The quantitative estimate of drug-likeness (QED) is 0.722. The lowest BCUT2D eigenvalue weighted by Gasteiger charge is -2.35. The van der Waals surface area contributed by atoms with Crippen molar-refractivity contribution < 1.29 is 13.2 Å². The SMILES string of the molecule is CCN1CCN(c2ccc(NC(=O)c3cccc(S(=O)(=O)N4CCCCC4)c3)cc2)CC1. The van der Waals surface area contributed by atoms with Crippen molar-refractivity contribution >= 4 is 27.3 Å². The van der Waals surface area contributed by atoms with Gasteiger partial charge in [0, 0.05) is 56.2 Å². The molecule has 32 heavy (non-hydrogen) atoms. The summed E-state index contributed by atoms with van der Waals surface area (Å²) in [4.78, 5) is 17.8. The average molecular weight is 457 g/mol. The molecule has 0 spiro atoms. The molecule has 2 aliphatic rings. The smallest absolute Gasteiger partial charge is 0.255 e. The number of hydrogen-bond acceptors (Lipinski definition) is 5. The molecule has 0 aromatic heterocycles. The van der Waals surface area contributed by atoms with Crippen LogP contribution in [0.4, 0.5) is 11.4 Å². The maximum atomic E-state index is 12.9. The Morgan fingerprint density at radius 2 is 1.59 bits per heavy atom. The molecule has 2 saturated heterocycles. The zero-order chi connectivity index (χ0) is 22.6. The van der Waals surface area contributed by atoms with E-state index in [0.29, 0.717) is 24.3 Å². The predicted octanol–water partition coefficient (Wildman–Crippen LogP) is 3.26. The molecule has 0 aliphatic carbocycles. The van der Waals surface area contributed by atoms with Gasteiger partial charge in [-0.1, -0.05) is 19.4 Å². The zero-order valence-electron chi connectivity index (χ0n) is 18.7. The predicted molar refractivity (Wildman–Crippen MR) is 128 cm³/mol. The number of hydrogen-bond donors (Lipinski definition) is 1. The standard InChI is InChI=1S/C24H32N4O3S/c1-2-26-15-17-27(18-16-26)22-11-9-21(10-12-22)25-24(29)20-7-6-8-23(19-20)32(30,31)28-13-4-3-5-14-28/h6-12,19H,2-5,13-18H2,1H3,(H,25,29). The largest absolute Gasteiger partial charge is 0.369 e. The van der Waals surface area contributed by atoms with Crippen molar-refractivity contribution in [2.24, 2.45) is 0 Å². The van der Waals surface area contributed by atoms with Crippen LogP contribution in [0.2, 0.25) is 0 Å². The summed E-state index contributed by atoms with van der Waals surface area (Å²) in [6, 6.07) is 14.1. The minimum absolute atomic E-state index is 0.175. The van der Waals surface area contributed by atoms with Gasteiger partial charge in [-0.25, -0.2) is 8.42 Å². The molecular formula is C24H32N4O3S. The fourth-order valence-electron chi connectivity index (χ4n) is 4.33. The summed E-state index contributed by atoms with van der Waals surface area (Å²) >= 11 is 0. The van der Waals surface area contributed by atoms with Gasteiger partial charge >= 0.3 is 0 Å². The first-order valence-electron chi connectivity index (χ1n) is 11.5. The number of sulfonamides is 1. The molecule has 2 aromatic rings. The van der Waals surface area contributed by atoms with Crippen LogP contribution in [-0.2, 0) is 10.0 Å². The van der Waals surface area contributed by atoms with Gasteiger partial charge in [0.1, 0.15) is 0 Å². The first-order valence-corrected chi connectivity index (χ1v) is 12.9. The summed E-state index contributed by atoms with van der Waals surface area (Å²) in [5, 5.41) is 2.89. The lowest BCUT2D eigenvalue weighted by atomic mass is 10.2. The first kappa shape index (κ1) is 22.8. The van der Waals surface area contributed by atoms with Crippen LogP contribution >= 0.6 is 0 Å². The van der Waals surface area contributed by atoms with E-state index >= 15 is 0 Å². The van der Waals surface area contributed by atoms with Gasteiger partial charge in [0.2, 0.25) is 10.0 Å². The van der Waals surface area contributed by atoms with E-state index in [-0.39, 0.29) is 10.8 Å². The number of nitrogens with zero attached hydrogens (tertiary/aromatic N) is 3. The number of rotatable bonds is 6. The molecule has 172 valence electrons. The molecule has 0 bridgehead atoms. The topological polar surface area (TPSA) is 73.0 Å². The van der Waals surface area contributed by atoms with Gasteiger partial charge in [-0.05, 0) is 61.9 Å². The molecule has 8 heteroatoms. The summed E-state index contributed by atoms with van der Waals surface area (Å²) in [6.07, 6.45) is 2.82. The summed E-state index contributed by atoms with van der Waals surface area (Å²) < 4.78 is 27.4. The average Bonchev–Trinajstić information content (AvgIpc) is 2.85. The summed E-state index contributed by atoms with van der Waals surface area (Å²) in [5.41, 5.74) is 2.17. The second-order valence-electron chi connectivity index (χ2n) is 8.41. The molecule has 0 atom stereocenters. The fourth-order valence-corrected chi connectivity index (χ4v) is 5.90. The van der Waals surface area contributed by atoms with Crippen LogP contribution < -0.4 is 10.2 Å². The van der Waals surface area contributed by atoms with Gasteiger partial charge in [-0.3, -0.25) is 4.79 Å². The Balaban J connectivity index is 1.41. The van der Waals surface area contributed by atoms with Crippen molar-refractivity contribution in [3.8, 4) is 0 Å². The number of likely N-dealkylation sites (N-methyl/N-ethyl adjacent to an activating group) is 1. The molecule has 0 unspecified atom stereocenters. The molecule has 1 N–H and O–H groups in total. The van der Waals surface area contributed by atoms with Gasteiger partial charge in [0.25, 0.3) is 5.91 Å². The van der Waals surface area contributed by atoms with Gasteiger partial charge in [-0.2, -0.15) is 4.31 Å². The molecule has 0 radical (unpaired) electrons. The molecule has 4 rings (SSSR count). The Labute approximate surface area is 191 Å². The van der Waals surface area contributed by atoms with Crippen LogP contribution in [0.1, 0.15) is 36.5 Å². The monoisotopic (exact) mass is 456 g/mol. The number of amides is 1. The highest BCUT2D eigenvalue weighted by Gasteiger charge is 2.26. The molecule has 7 nitrogen and oxygen atoms in total. The number of benzene rings is 2. The van der Waals surface area contributed by atoms with Gasteiger partial charge in [-0.15, -0.1) is 0 Å². The van der Waals surface area contributed by atoms with E-state index in [1.54, 1.807) is 18.2 Å². The van der Waals surface area contributed by atoms with Crippen molar-refractivity contribution in [3.05, 3.63) is 54.1 Å². The molecule has 0 saturated carbocycles. The van der Waals surface area contributed by atoms with E-state index in [4.69, 9.17) is 0 Å². The Hall–Kier alpha value is -2.42. The summed E-state index contributed by atoms with van der Waals surface area (Å²) in [7, 11) is -3.57. The molecular weight excluding hydrogens is 424 g/mol. The highest BCUT2D eigenvalue weighted by Crippen LogP contribution is 2.23. The van der Waals surface area contributed by atoms with E-state index in [0.717, 1.165) is 57.7 Å². The Bertz CT molecular complexity index is 1030. The Kier molecular flexibility index (Phi) is 7.13. The van der Waals surface area contributed by atoms with Crippen molar-refractivity contribution in [1.82, 2.24) is 9.21 Å². The van der Waals surface area contributed by atoms with Gasteiger partial charge < -0.3 is 15.1 Å². The second kappa shape index (κ2) is 10.0. The lowest BCUT2D eigenvalue weighted by Crippen LogP contribution is -2.46. The maximum absolute atomic E-state index is 12.9.